The second-order valence-corrected chi connectivity index (χ2v) is 8.36. The minimum absolute atomic E-state index is 0.0899. The summed E-state index contributed by atoms with van der Waals surface area (Å²) in [4.78, 5) is 26.7. The van der Waals surface area contributed by atoms with Crippen molar-refractivity contribution in [1.82, 2.24) is 15.5 Å². The monoisotopic (exact) mass is 335 g/mol. The number of carbonyl (C=O) groups excluding carboxylic acids is 2. The lowest BCUT2D eigenvalue weighted by molar-refractivity contribution is -0.142. The van der Waals surface area contributed by atoms with Crippen LogP contribution >= 0.6 is 0 Å². The fourth-order valence-electron chi connectivity index (χ4n) is 5.79. The average Bonchev–Trinajstić information content (AvgIpc) is 2.54. The van der Waals surface area contributed by atoms with E-state index in [1.54, 1.807) is 0 Å². The number of hydrogen-bond acceptors (Lipinski definition) is 4. The number of rotatable bonds is 4. The van der Waals surface area contributed by atoms with E-state index in [9.17, 15) is 9.59 Å². The smallest absolute Gasteiger partial charge is 0.309 e. The number of ether oxygens (including phenoxy) is 1. The van der Waals surface area contributed by atoms with Crippen molar-refractivity contribution in [1.29, 1.82) is 0 Å². The third-order valence-electron chi connectivity index (χ3n) is 6.44. The van der Waals surface area contributed by atoms with Crippen molar-refractivity contribution in [2.75, 3.05) is 39.4 Å². The highest BCUT2D eigenvalue weighted by Crippen LogP contribution is 2.55. The molecule has 0 radical (unpaired) electrons. The fraction of sp³-hybridized carbons (Fsp3) is 0.889. The Morgan fingerprint density at radius 1 is 0.958 bits per heavy atom. The van der Waals surface area contributed by atoms with Gasteiger partial charge in [0.2, 0.25) is 0 Å². The Morgan fingerprint density at radius 3 is 2.12 bits per heavy atom. The molecule has 2 N–H and O–H groups in total. The SMILES string of the molecule is O=C(NCCN1CCOCC1)C(=O)NC12CC3CC(CC(C3)C1)C2. The highest BCUT2D eigenvalue weighted by Gasteiger charge is 2.51. The molecule has 5 aliphatic rings. The van der Waals surface area contributed by atoms with Crippen LogP contribution in [0.2, 0.25) is 0 Å². The molecule has 4 aliphatic carbocycles. The Morgan fingerprint density at radius 2 is 1.54 bits per heavy atom. The third kappa shape index (κ3) is 3.45. The van der Waals surface area contributed by atoms with Crippen molar-refractivity contribution in [3.8, 4) is 0 Å². The average molecular weight is 335 g/mol. The Balaban J connectivity index is 1.24. The summed E-state index contributed by atoms with van der Waals surface area (Å²) in [5.41, 5.74) is -0.0899. The van der Waals surface area contributed by atoms with E-state index in [4.69, 9.17) is 4.74 Å². The quantitative estimate of drug-likeness (QED) is 0.735. The van der Waals surface area contributed by atoms with Gasteiger partial charge in [-0.15, -0.1) is 0 Å². The van der Waals surface area contributed by atoms with Gasteiger partial charge >= 0.3 is 11.8 Å². The van der Waals surface area contributed by atoms with Crippen LogP contribution in [-0.4, -0.2) is 61.6 Å². The standard InChI is InChI=1S/C18H29N3O3/c22-16(19-1-2-21-3-5-24-6-4-21)17(23)20-18-10-13-7-14(11-18)9-15(8-13)12-18/h13-15H,1-12H2,(H,19,22)(H,20,23). The molecular weight excluding hydrogens is 306 g/mol. The molecule has 0 aromatic carbocycles. The molecule has 1 saturated heterocycles. The molecule has 24 heavy (non-hydrogen) atoms. The zero-order valence-corrected chi connectivity index (χ0v) is 14.4. The lowest BCUT2D eigenvalue weighted by Crippen LogP contribution is -2.61. The summed E-state index contributed by atoms with van der Waals surface area (Å²) in [5.74, 6) is 1.39. The molecular formula is C18H29N3O3. The first-order valence-electron chi connectivity index (χ1n) is 9.52. The van der Waals surface area contributed by atoms with Crippen LogP contribution in [0.1, 0.15) is 38.5 Å². The number of amides is 2. The molecule has 0 aromatic heterocycles. The summed E-state index contributed by atoms with van der Waals surface area (Å²) >= 11 is 0. The molecule has 5 fully saturated rings. The van der Waals surface area contributed by atoms with Crippen LogP contribution in [0.3, 0.4) is 0 Å². The zero-order chi connectivity index (χ0) is 16.6. The number of morpholine rings is 1. The van der Waals surface area contributed by atoms with Crippen molar-refractivity contribution in [3.63, 3.8) is 0 Å². The van der Waals surface area contributed by atoms with E-state index in [0.717, 1.165) is 69.9 Å². The Labute approximate surface area is 143 Å². The first kappa shape index (κ1) is 16.3. The second kappa shape index (κ2) is 6.64. The van der Waals surface area contributed by atoms with Gasteiger partial charge in [0, 0.05) is 31.7 Å². The molecule has 4 bridgehead atoms. The molecule has 0 aromatic rings. The van der Waals surface area contributed by atoms with Gasteiger partial charge in [-0.3, -0.25) is 14.5 Å². The van der Waals surface area contributed by atoms with E-state index in [-0.39, 0.29) is 5.54 Å². The molecule has 1 heterocycles. The van der Waals surface area contributed by atoms with E-state index < -0.39 is 11.8 Å². The fourth-order valence-corrected chi connectivity index (χ4v) is 5.79. The van der Waals surface area contributed by atoms with Gasteiger partial charge < -0.3 is 15.4 Å². The van der Waals surface area contributed by atoms with Crippen molar-refractivity contribution < 1.29 is 14.3 Å². The maximum atomic E-state index is 12.4. The topological polar surface area (TPSA) is 70.7 Å². The van der Waals surface area contributed by atoms with Crippen LogP contribution in [0.4, 0.5) is 0 Å². The maximum Gasteiger partial charge on any atom is 0.309 e. The predicted molar refractivity (Wildman–Crippen MR) is 89.3 cm³/mol. The molecule has 0 spiro atoms. The molecule has 0 unspecified atom stereocenters. The minimum Gasteiger partial charge on any atom is -0.379 e. The molecule has 134 valence electrons. The predicted octanol–water partition coefficient (Wildman–Crippen LogP) is 0.520. The number of carbonyl (C=O) groups is 2. The van der Waals surface area contributed by atoms with Crippen molar-refractivity contribution in [3.05, 3.63) is 0 Å². The van der Waals surface area contributed by atoms with Gasteiger partial charge in [0.15, 0.2) is 0 Å². The summed E-state index contributed by atoms with van der Waals surface area (Å²) in [6.07, 6.45) is 7.23. The van der Waals surface area contributed by atoms with Crippen molar-refractivity contribution in [2.24, 2.45) is 17.8 Å². The van der Waals surface area contributed by atoms with Crippen molar-refractivity contribution in [2.45, 2.75) is 44.1 Å². The molecule has 2 amide bonds. The summed E-state index contributed by atoms with van der Waals surface area (Å²) in [6, 6.07) is 0. The number of hydrogen-bond donors (Lipinski definition) is 2. The summed E-state index contributed by atoms with van der Waals surface area (Å²) in [6.45, 7) is 4.60. The van der Waals surface area contributed by atoms with Crippen molar-refractivity contribution >= 4 is 11.8 Å². The molecule has 0 atom stereocenters. The van der Waals surface area contributed by atoms with Gasteiger partial charge in [-0.1, -0.05) is 0 Å². The van der Waals surface area contributed by atoms with Crippen LogP contribution in [-0.2, 0) is 14.3 Å². The van der Waals surface area contributed by atoms with Gasteiger partial charge in [0.05, 0.1) is 13.2 Å². The highest BCUT2D eigenvalue weighted by atomic mass is 16.5. The number of nitrogens with zero attached hydrogens (tertiary/aromatic N) is 1. The molecule has 1 aliphatic heterocycles. The van der Waals surface area contributed by atoms with Gasteiger partial charge in [0.1, 0.15) is 0 Å². The highest BCUT2D eigenvalue weighted by molar-refractivity contribution is 6.35. The van der Waals surface area contributed by atoms with Crippen LogP contribution < -0.4 is 10.6 Å². The van der Waals surface area contributed by atoms with E-state index in [1.165, 1.54) is 19.3 Å². The van der Waals surface area contributed by atoms with Gasteiger partial charge in [-0.25, -0.2) is 0 Å². The van der Waals surface area contributed by atoms with Crippen LogP contribution in [0.15, 0.2) is 0 Å². The van der Waals surface area contributed by atoms with E-state index in [0.29, 0.717) is 6.54 Å². The van der Waals surface area contributed by atoms with Crippen LogP contribution in [0, 0.1) is 17.8 Å². The second-order valence-electron chi connectivity index (χ2n) is 8.36. The lowest BCUT2D eigenvalue weighted by atomic mass is 9.53. The zero-order valence-electron chi connectivity index (χ0n) is 14.4. The molecule has 6 nitrogen and oxygen atoms in total. The summed E-state index contributed by atoms with van der Waals surface area (Å²) < 4.78 is 5.31. The Hall–Kier alpha value is -1.14. The summed E-state index contributed by atoms with van der Waals surface area (Å²) in [7, 11) is 0. The normalized spacial score (nSPS) is 38.1. The van der Waals surface area contributed by atoms with E-state index >= 15 is 0 Å². The minimum atomic E-state index is -0.473. The maximum absolute atomic E-state index is 12.4. The number of nitrogens with one attached hydrogen (secondary N) is 2. The van der Waals surface area contributed by atoms with Gasteiger partial charge in [0.25, 0.3) is 0 Å². The summed E-state index contributed by atoms with van der Waals surface area (Å²) in [5, 5.41) is 5.91. The Kier molecular flexibility index (Phi) is 4.52. The first-order valence-corrected chi connectivity index (χ1v) is 9.52. The van der Waals surface area contributed by atoms with E-state index in [1.807, 2.05) is 0 Å². The molecule has 4 saturated carbocycles. The first-order chi connectivity index (χ1) is 11.6. The largest absolute Gasteiger partial charge is 0.379 e. The van der Waals surface area contributed by atoms with Gasteiger partial charge in [-0.2, -0.15) is 0 Å². The Bertz CT molecular complexity index is 466. The molecule has 5 rings (SSSR count). The van der Waals surface area contributed by atoms with Gasteiger partial charge in [-0.05, 0) is 56.3 Å². The van der Waals surface area contributed by atoms with E-state index in [2.05, 4.69) is 15.5 Å². The van der Waals surface area contributed by atoms with Crippen LogP contribution in [0.5, 0.6) is 0 Å². The lowest BCUT2D eigenvalue weighted by Gasteiger charge is -2.56. The third-order valence-corrected chi connectivity index (χ3v) is 6.44. The molecule has 6 heteroatoms. The van der Waals surface area contributed by atoms with Crippen LogP contribution in [0.25, 0.3) is 0 Å².